The Hall–Kier alpha value is -2.37. The maximum Gasteiger partial charge on any atom is 0.165 e. The molecule has 3 aromatic rings. The Morgan fingerprint density at radius 3 is 2.54 bits per heavy atom. The third-order valence-corrected chi connectivity index (χ3v) is 5.54. The van der Waals surface area contributed by atoms with E-state index >= 15 is 0 Å². The largest absolute Gasteiger partial charge is 0.354 e. The molecule has 0 bridgehead atoms. The number of hydrogen-bond donors (Lipinski definition) is 0. The first-order valence-corrected chi connectivity index (χ1v) is 10.1. The number of piperazine rings is 1. The van der Waals surface area contributed by atoms with Gasteiger partial charge in [0.25, 0.3) is 0 Å². The van der Waals surface area contributed by atoms with Gasteiger partial charge in [-0.3, -0.25) is 4.90 Å². The van der Waals surface area contributed by atoms with Gasteiger partial charge in [-0.15, -0.1) is 0 Å². The molecule has 1 aliphatic rings. The van der Waals surface area contributed by atoms with Crippen LogP contribution in [-0.2, 0) is 0 Å². The van der Waals surface area contributed by atoms with Gasteiger partial charge in [0.05, 0.1) is 11.3 Å². The third-order valence-electron chi connectivity index (χ3n) is 5.21. The van der Waals surface area contributed by atoms with E-state index in [1.807, 2.05) is 42.6 Å². The van der Waals surface area contributed by atoms with E-state index in [1.165, 1.54) is 5.57 Å². The van der Waals surface area contributed by atoms with Gasteiger partial charge in [0.1, 0.15) is 5.82 Å². The van der Waals surface area contributed by atoms with Crippen LogP contribution in [0.25, 0.3) is 16.8 Å². The van der Waals surface area contributed by atoms with Crippen LogP contribution in [0.15, 0.2) is 42.5 Å². The molecule has 0 atom stereocenters. The molecule has 2 aromatic heterocycles. The van der Waals surface area contributed by atoms with Crippen molar-refractivity contribution >= 4 is 23.1 Å². The van der Waals surface area contributed by atoms with Gasteiger partial charge >= 0.3 is 0 Å². The number of nitrogens with zero attached hydrogens (tertiary/aromatic N) is 5. The Morgan fingerprint density at radius 2 is 1.86 bits per heavy atom. The van der Waals surface area contributed by atoms with E-state index in [2.05, 4.69) is 29.4 Å². The molecule has 3 heterocycles. The highest BCUT2D eigenvalue weighted by Gasteiger charge is 2.23. The normalized spacial score (nSPS) is 15.4. The number of anilines is 1. The van der Waals surface area contributed by atoms with Crippen molar-refractivity contribution in [3.05, 3.63) is 58.9 Å². The second-order valence-corrected chi connectivity index (χ2v) is 8.06. The zero-order valence-corrected chi connectivity index (χ0v) is 17.5. The average Bonchev–Trinajstić information content (AvgIpc) is 2.97. The minimum absolute atomic E-state index is 0.721. The first kappa shape index (κ1) is 19.0. The molecule has 0 N–H and O–H groups in total. The molecule has 1 aromatic carbocycles. The summed E-state index contributed by atoms with van der Waals surface area (Å²) < 4.78 is 1.98. The first-order chi connectivity index (χ1) is 13.4. The SMILES string of the molecule is C=C(C)CN1CCN(c2cc(C)nc3c(-c4ccccc4Cl)c(C)nn23)CC1. The van der Waals surface area contributed by atoms with Gasteiger partial charge in [0.2, 0.25) is 0 Å². The van der Waals surface area contributed by atoms with Crippen LogP contribution in [0.1, 0.15) is 18.3 Å². The van der Waals surface area contributed by atoms with Gasteiger partial charge in [-0.25, -0.2) is 4.98 Å². The number of aryl methyl sites for hydroxylation is 2. The summed E-state index contributed by atoms with van der Waals surface area (Å²) in [5.41, 5.74) is 5.99. The number of halogens is 1. The number of benzene rings is 1. The number of rotatable bonds is 4. The van der Waals surface area contributed by atoms with Crippen molar-refractivity contribution in [3.8, 4) is 11.1 Å². The Kier molecular flexibility index (Phi) is 5.13. The molecule has 4 rings (SSSR count). The van der Waals surface area contributed by atoms with Crippen LogP contribution in [0, 0.1) is 13.8 Å². The summed E-state index contributed by atoms with van der Waals surface area (Å²) in [6.07, 6.45) is 0. The first-order valence-electron chi connectivity index (χ1n) is 9.67. The Morgan fingerprint density at radius 1 is 1.14 bits per heavy atom. The van der Waals surface area contributed by atoms with Crippen LogP contribution < -0.4 is 4.90 Å². The maximum absolute atomic E-state index is 6.49. The molecular formula is C22H26ClN5. The van der Waals surface area contributed by atoms with Crippen molar-refractivity contribution in [1.29, 1.82) is 0 Å². The smallest absolute Gasteiger partial charge is 0.165 e. The number of fused-ring (bicyclic) bond motifs is 1. The molecule has 5 nitrogen and oxygen atoms in total. The van der Waals surface area contributed by atoms with Crippen molar-refractivity contribution in [2.24, 2.45) is 0 Å². The van der Waals surface area contributed by atoms with Crippen molar-refractivity contribution < 1.29 is 0 Å². The van der Waals surface area contributed by atoms with Crippen LogP contribution in [0.4, 0.5) is 5.82 Å². The van der Waals surface area contributed by atoms with Gasteiger partial charge in [-0.05, 0) is 26.8 Å². The fraction of sp³-hybridized carbons (Fsp3) is 0.364. The summed E-state index contributed by atoms with van der Waals surface area (Å²) >= 11 is 6.49. The molecule has 146 valence electrons. The van der Waals surface area contributed by atoms with E-state index in [1.54, 1.807) is 0 Å². The lowest BCUT2D eigenvalue weighted by Crippen LogP contribution is -2.47. The molecule has 0 unspecified atom stereocenters. The molecule has 6 heteroatoms. The fourth-order valence-corrected chi connectivity index (χ4v) is 4.18. The lowest BCUT2D eigenvalue weighted by atomic mass is 10.1. The Bertz CT molecular complexity index is 1030. The maximum atomic E-state index is 6.49. The molecule has 1 saturated heterocycles. The fourth-order valence-electron chi connectivity index (χ4n) is 3.95. The predicted octanol–water partition coefficient (Wildman–Crippen LogP) is 4.36. The summed E-state index contributed by atoms with van der Waals surface area (Å²) in [7, 11) is 0. The standard InChI is InChI=1S/C22H26ClN5/c1-15(2)14-26-9-11-27(12-10-26)20-13-16(3)24-22-21(17(4)25-28(20)22)18-7-5-6-8-19(18)23/h5-8,13H,1,9-12,14H2,2-4H3. The van der Waals surface area contributed by atoms with E-state index < -0.39 is 0 Å². The molecule has 0 saturated carbocycles. The van der Waals surface area contributed by atoms with Gasteiger partial charge in [0, 0.05) is 55.1 Å². The molecule has 1 aliphatic heterocycles. The second-order valence-electron chi connectivity index (χ2n) is 7.65. The summed E-state index contributed by atoms with van der Waals surface area (Å²) in [5.74, 6) is 1.10. The summed E-state index contributed by atoms with van der Waals surface area (Å²) in [5, 5.41) is 5.56. The zero-order chi connectivity index (χ0) is 19.8. The highest BCUT2D eigenvalue weighted by atomic mass is 35.5. The topological polar surface area (TPSA) is 36.7 Å². The van der Waals surface area contributed by atoms with Gasteiger partial charge in [-0.2, -0.15) is 9.61 Å². The highest BCUT2D eigenvalue weighted by Crippen LogP contribution is 2.34. The quantitative estimate of drug-likeness (QED) is 0.615. The average molecular weight is 396 g/mol. The third kappa shape index (κ3) is 3.52. The zero-order valence-electron chi connectivity index (χ0n) is 16.7. The minimum Gasteiger partial charge on any atom is -0.354 e. The van der Waals surface area contributed by atoms with Crippen LogP contribution in [0.2, 0.25) is 5.02 Å². The number of hydrogen-bond acceptors (Lipinski definition) is 4. The van der Waals surface area contributed by atoms with Crippen LogP contribution >= 0.6 is 11.6 Å². The second kappa shape index (κ2) is 7.57. The summed E-state index contributed by atoms with van der Waals surface area (Å²) in [6, 6.07) is 10.0. The van der Waals surface area contributed by atoms with E-state index in [0.29, 0.717) is 0 Å². The van der Waals surface area contributed by atoms with E-state index in [-0.39, 0.29) is 0 Å². The Balaban J connectivity index is 1.74. The van der Waals surface area contributed by atoms with Gasteiger partial charge in [0.15, 0.2) is 5.65 Å². The van der Waals surface area contributed by atoms with Crippen LogP contribution in [0.5, 0.6) is 0 Å². The van der Waals surface area contributed by atoms with E-state index in [4.69, 9.17) is 21.7 Å². The molecule has 28 heavy (non-hydrogen) atoms. The lowest BCUT2D eigenvalue weighted by molar-refractivity contribution is 0.277. The molecule has 0 amide bonds. The van der Waals surface area contributed by atoms with Crippen molar-refractivity contribution in [2.45, 2.75) is 20.8 Å². The lowest BCUT2D eigenvalue weighted by Gasteiger charge is -2.36. The van der Waals surface area contributed by atoms with E-state index in [0.717, 1.165) is 71.7 Å². The van der Waals surface area contributed by atoms with E-state index in [9.17, 15) is 0 Å². The molecule has 1 fully saturated rings. The van der Waals surface area contributed by atoms with Crippen LogP contribution in [-0.4, -0.2) is 52.2 Å². The monoisotopic (exact) mass is 395 g/mol. The minimum atomic E-state index is 0.721. The van der Waals surface area contributed by atoms with Gasteiger partial charge in [-0.1, -0.05) is 42.0 Å². The highest BCUT2D eigenvalue weighted by molar-refractivity contribution is 6.33. The molecule has 0 spiro atoms. The van der Waals surface area contributed by atoms with Crippen molar-refractivity contribution in [2.75, 3.05) is 37.6 Å². The molecular weight excluding hydrogens is 370 g/mol. The molecule has 0 radical (unpaired) electrons. The number of aromatic nitrogens is 3. The van der Waals surface area contributed by atoms with Crippen LogP contribution in [0.3, 0.4) is 0 Å². The van der Waals surface area contributed by atoms with Gasteiger partial charge < -0.3 is 4.90 Å². The van der Waals surface area contributed by atoms with Crippen molar-refractivity contribution in [3.63, 3.8) is 0 Å². The Labute approximate surface area is 171 Å². The predicted molar refractivity (Wildman–Crippen MR) is 116 cm³/mol. The van der Waals surface area contributed by atoms with Crippen molar-refractivity contribution in [1.82, 2.24) is 19.5 Å². The summed E-state index contributed by atoms with van der Waals surface area (Å²) in [4.78, 5) is 9.67. The molecule has 0 aliphatic carbocycles. The summed E-state index contributed by atoms with van der Waals surface area (Å²) in [6.45, 7) is 15.1.